The molecule has 5 aromatic rings. The fourth-order valence-electron chi connectivity index (χ4n) is 6.30. The Labute approximate surface area is 278 Å². The van der Waals surface area contributed by atoms with Gasteiger partial charge in [0.15, 0.2) is 0 Å². The highest BCUT2D eigenvalue weighted by molar-refractivity contribution is 6.09. The summed E-state index contributed by atoms with van der Waals surface area (Å²) >= 11 is 0. The molecule has 47 heavy (non-hydrogen) atoms. The molecular formula is C39H48N6O2. The average molecular weight is 633 g/mol. The van der Waals surface area contributed by atoms with E-state index in [1.165, 1.54) is 0 Å². The lowest BCUT2D eigenvalue weighted by molar-refractivity contribution is -0.123. The Balaban J connectivity index is 1.32. The van der Waals surface area contributed by atoms with Crippen LogP contribution in [0.5, 0.6) is 0 Å². The molecule has 2 atom stereocenters. The molecule has 5 rings (SSSR count). The first-order valence-corrected chi connectivity index (χ1v) is 16.9. The smallest absolute Gasteiger partial charge is 0.252 e. The number of aryl methyl sites for hydroxylation is 1. The minimum Gasteiger partial charge on any atom is -0.348 e. The van der Waals surface area contributed by atoms with E-state index in [0.717, 1.165) is 64.3 Å². The predicted molar refractivity (Wildman–Crippen MR) is 191 cm³/mol. The molecule has 1 heterocycles. The van der Waals surface area contributed by atoms with E-state index in [4.69, 9.17) is 0 Å². The molecule has 0 spiro atoms. The SMILES string of the molecule is CCC(CC)NCCC[C@H](NC(=O)c1ccc(CNCc2nccn2C)c2ccccc12)C(=O)N[C@@H](C)c1cccc2ccccc12. The fraction of sp³-hybridized carbons (Fsp3) is 0.359. The quantitative estimate of drug-likeness (QED) is 0.0925. The predicted octanol–water partition coefficient (Wildman–Crippen LogP) is 6.55. The van der Waals surface area contributed by atoms with Crippen molar-refractivity contribution in [2.24, 2.45) is 7.05 Å². The minimum absolute atomic E-state index is 0.180. The number of hydrogen-bond acceptors (Lipinski definition) is 5. The van der Waals surface area contributed by atoms with E-state index in [2.05, 4.69) is 64.4 Å². The maximum Gasteiger partial charge on any atom is 0.252 e. The van der Waals surface area contributed by atoms with Gasteiger partial charge in [0.1, 0.15) is 11.9 Å². The van der Waals surface area contributed by atoms with E-state index in [0.29, 0.717) is 31.1 Å². The molecule has 4 aromatic carbocycles. The van der Waals surface area contributed by atoms with Gasteiger partial charge in [0, 0.05) is 37.6 Å². The van der Waals surface area contributed by atoms with Crippen molar-refractivity contribution in [1.82, 2.24) is 30.8 Å². The molecule has 0 aliphatic rings. The summed E-state index contributed by atoms with van der Waals surface area (Å²) in [6, 6.07) is 25.7. The Bertz CT molecular complexity index is 1790. The molecular weight excluding hydrogens is 584 g/mol. The summed E-state index contributed by atoms with van der Waals surface area (Å²) in [5, 5.41) is 17.5. The molecule has 2 amide bonds. The van der Waals surface area contributed by atoms with Crippen molar-refractivity contribution in [3.05, 3.63) is 114 Å². The maximum atomic E-state index is 13.9. The van der Waals surface area contributed by atoms with Gasteiger partial charge in [-0.1, -0.05) is 86.6 Å². The van der Waals surface area contributed by atoms with Gasteiger partial charge in [0.05, 0.1) is 12.6 Å². The molecule has 0 unspecified atom stereocenters. The van der Waals surface area contributed by atoms with Crippen LogP contribution in [0.3, 0.4) is 0 Å². The molecule has 8 heteroatoms. The first kappa shape index (κ1) is 33.8. The molecule has 0 bridgehead atoms. The Morgan fingerprint density at radius 1 is 0.830 bits per heavy atom. The lowest BCUT2D eigenvalue weighted by Crippen LogP contribution is -2.47. The van der Waals surface area contributed by atoms with Gasteiger partial charge in [-0.15, -0.1) is 0 Å². The second kappa shape index (κ2) is 16.3. The van der Waals surface area contributed by atoms with E-state index < -0.39 is 6.04 Å². The summed E-state index contributed by atoms with van der Waals surface area (Å²) in [5.74, 6) is 0.528. The fourth-order valence-corrected chi connectivity index (χ4v) is 6.30. The van der Waals surface area contributed by atoms with Crippen molar-refractivity contribution >= 4 is 33.4 Å². The normalized spacial score (nSPS) is 12.8. The van der Waals surface area contributed by atoms with Crippen LogP contribution in [-0.4, -0.2) is 40.0 Å². The first-order chi connectivity index (χ1) is 22.9. The van der Waals surface area contributed by atoms with Crippen LogP contribution in [0.1, 0.15) is 79.8 Å². The van der Waals surface area contributed by atoms with Gasteiger partial charge in [-0.05, 0) is 77.9 Å². The van der Waals surface area contributed by atoms with Crippen LogP contribution in [0.15, 0.2) is 91.3 Å². The number of amides is 2. The van der Waals surface area contributed by atoms with Crippen molar-refractivity contribution in [3.8, 4) is 0 Å². The number of nitrogens with zero attached hydrogens (tertiary/aromatic N) is 2. The minimum atomic E-state index is -0.679. The van der Waals surface area contributed by atoms with E-state index >= 15 is 0 Å². The highest BCUT2D eigenvalue weighted by atomic mass is 16.2. The Morgan fingerprint density at radius 2 is 1.55 bits per heavy atom. The molecule has 0 saturated heterocycles. The van der Waals surface area contributed by atoms with Gasteiger partial charge in [0.2, 0.25) is 5.91 Å². The number of hydrogen-bond donors (Lipinski definition) is 4. The van der Waals surface area contributed by atoms with E-state index in [-0.39, 0.29) is 17.9 Å². The summed E-state index contributed by atoms with van der Waals surface area (Å²) in [7, 11) is 1.98. The van der Waals surface area contributed by atoms with Gasteiger partial charge < -0.3 is 25.8 Å². The van der Waals surface area contributed by atoms with Gasteiger partial charge >= 0.3 is 0 Å². The van der Waals surface area contributed by atoms with E-state index in [9.17, 15) is 9.59 Å². The second-order valence-electron chi connectivity index (χ2n) is 12.3. The summed E-state index contributed by atoms with van der Waals surface area (Å²) in [5.41, 5.74) is 2.70. The van der Waals surface area contributed by atoms with Gasteiger partial charge in [-0.3, -0.25) is 9.59 Å². The molecule has 0 aliphatic carbocycles. The second-order valence-corrected chi connectivity index (χ2v) is 12.3. The number of aromatic nitrogens is 2. The lowest BCUT2D eigenvalue weighted by atomic mass is 9.98. The third kappa shape index (κ3) is 8.44. The number of nitrogens with one attached hydrogen (secondary N) is 4. The topological polar surface area (TPSA) is 100 Å². The zero-order valence-electron chi connectivity index (χ0n) is 28.1. The molecule has 0 saturated carbocycles. The van der Waals surface area contributed by atoms with Crippen molar-refractivity contribution in [3.63, 3.8) is 0 Å². The maximum absolute atomic E-state index is 13.9. The third-order valence-electron chi connectivity index (χ3n) is 9.14. The summed E-state index contributed by atoms with van der Waals surface area (Å²) in [6.07, 6.45) is 7.13. The van der Waals surface area contributed by atoms with Crippen LogP contribution in [0.2, 0.25) is 0 Å². The van der Waals surface area contributed by atoms with E-state index in [1.807, 2.05) is 79.3 Å². The number of benzene rings is 4. The summed E-state index contributed by atoms with van der Waals surface area (Å²) in [6.45, 7) is 8.42. The number of rotatable bonds is 16. The zero-order valence-corrected chi connectivity index (χ0v) is 28.1. The Hall–Kier alpha value is -4.53. The summed E-state index contributed by atoms with van der Waals surface area (Å²) in [4.78, 5) is 32.2. The summed E-state index contributed by atoms with van der Waals surface area (Å²) < 4.78 is 2.00. The number of carbonyl (C=O) groups excluding carboxylic acids is 2. The highest BCUT2D eigenvalue weighted by Crippen LogP contribution is 2.25. The molecule has 0 radical (unpaired) electrons. The standard InChI is InChI=1S/C39H48N6O2/c1-5-30(6-2)41-22-12-19-36(39(47)43-27(3)31-18-11-14-28-13-7-8-15-32(28)31)44-38(46)35-21-20-29(33-16-9-10-17-34(33)35)25-40-26-37-42-23-24-45(37)4/h7-11,13-18,20-21,23-24,27,30,36,40-41H,5-6,12,19,22,25-26H2,1-4H3,(H,43,47)(H,44,46)/t27-,36-/m0/s1. The highest BCUT2D eigenvalue weighted by Gasteiger charge is 2.24. The van der Waals surface area contributed by atoms with Crippen LogP contribution in [-0.2, 0) is 24.9 Å². The van der Waals surface area contributed by atoms with Gasteiger partial charge in [-0.2, -0.15) is 0 Å². The van der Waals surface area contributed by atoms with Gasteiger partial charge in [0.25, 0.3) is 5.91 Å². The molecule has 8 nitrogen and oxygen atoms in total. The molecule has 0 fully saturated rings. The van der Waals surface area contributed by atoms with Crippen LogP contribution in [0, 0.1) is 0 Å². The molecule has 246 valence electrons. The van der Waals surface area contributed by atoms with Crippen molar-refractivity contribution in [2.45, 2.75) is 77.7 Å². The number of fused-ring (bicyclic) bond motifs is 2. The largest absolute Gasteiger partial charge is 0.348 e. The average Bonchev–Trinajstić information content (AvgIpc) is 3.51. The Morgan fingerprint density at radius 3 is 2.30 bits per heavy atom. The van der Waals surface area contributed by atoms with Crippen LogP contribution in [0.4, 0.5) is 0 Å². The monoisotopic (exact) mass is 632 g/mol. The van der Waals surface area contributed by atoms with E-state index in [1.54, 1.807) is 6.20 Å². The molecule has 4 N–H and O–H groups in total. The number of imidazole rings is 1. The molecule has 1 aromatic heterocycles. The van der Waals surface area contributed by atoms with Crippen LogP contribution < -0.4 is 21.3 Å². The van der Waals surface area contributed by atoms with Gasteiger partial charge in [-0.25, -0.2) is 4.98 Å². The zero-order chi connectivity index (χ0) is 33.2. The van der Waals surface area contributed by atoms with Crippen molar-refractivity contribution in [2.75, 3.05) is 6.54 Å². The van der Waals surface area contributed by atoms with Crippen LogP contribution >= 0.6 is 0 Å². The van der Waals surface area contributed by atoms with Crippen LogP contribution in [0.25, 0.3) is 21.5 Å². The third-order valence-corrected chi connectivity index (χ3v) is 9.14. The van der Waals surface area contributed by atoms with Crippen molar-refractivity contribution in [1.29, 1.82) is 0 Å². The Kier molecular flexibility index (Phi) is 11.8. The number of carbonyl (C=O) groups is 2. The van der Waals surface area contributed by atoms with Crippen molar-refractivity contribution < 1.29 is 9.59 Å². The molecule has 0 aliphatic heterocycles. The first-order valence-electron chi connectivity index (χ1n) is 16.9. The lowest BCUT2D eigenvalue weighted by Gasteiger charge is -2.23.